The number of H-pyrrole nitrogens is 1. The molecule has 1 aromatic carbocycles. The van der Waals surface area contributed by atoms with E-state index in [9.17, 15) is 4.79 Å². The van der Waals surface area contributed by atoms with Gasteiger partial charge in [-0.15, -0.1) is 12.4 Å². The van der Waals surface area contributed by atoms with Gasteiger partial charge in [0.15, 0.2) is 0 Å². The molecule has 3 aromatic rings. The Morgan fingerprint density at radius 2 is 1.96 bits per heavy atom. The van der Waals surface area contributed by atoms with Gasteiger partial charge in [0.1, 0.15) is 5.65 Å². The van der Waals surface area contributed by atoms with Crippen LogP contribution in [0.25, 0.3) is 5.65 Å². The van der Waals surface area contributed by atoms with Crippen LogP contribution in [-0.4, -0.2) is 14.6 Å². The molecule has 1 atom stereocenters. The molecule has 3 heterocycles. The zero-order valence-corrected chi connectivity index (χ0v) is 13.9. The first-order valence-corrected chi connectivity index (χ1v) is 7.53. The minimum Gasteiger partial charge on any atom is -0.343 e. The molecular formula is C17H19ClN4O. The van der Waals surface area contributed by atoms with Crippen molar-refractivity contribution in [1.82, 2.24) is 19.9 Å². The zero-order chi connectivity index (χ0) is 15.3. The Labute approximate surface area is 140 Å². The van der Waals surface area contributed by atoms with Gasteiger partial charge in [-0.25, -0.2) is 0 Å². The number of hydrogen-bond donors (Lipinski definition) is 2. The number of benzene rings is 1. The predicted molar refractivity (Wildman–Crippen MR) is 92.3 cm³/mol. The summed E-state index contributed by atoms with van der Waals surface area (Å²) in [4.78, 5) is 15.6. The average molecular weight is 331 g/mol. The first kappa shape index (κ1) is 15.8. The topological polar surface area (TPSA) is 62.2 Å². The van der Waals surface area contributed by atoms with Crippen molar-refractivity contribution < 1.29 is 0 Å². The van der Waals surface area contributed by atoms with Crippen LogP contribution in [0.3, 0.4) is 0 Å². The molecule has 0 radical (unpaired) electrons. The molecule has 0 amide bonds. The van der Waals surface area contributed by atoms with E-state index < -0.39 is 0 Å². The minimum atomic E-state index is -0.0475. The summed E-state index contributed by atoms with van der Waals surface area (Å²) in [6, 6.07) is 10.6. The number of fused-ring (bicyclic) bond motifs is 2. The SMILES string of the molecule is Cc1[nH]c2cc([C@@H]3Cc4ccccc4CN3)nn2c(=O)c1C.Cl. The molecule has 2 N–H and O–H groups in total. The van der Waals surface area contributed by atoms with Crippen molar-refractivity contribution in [2.75, 3.05) is 0 Å². The molecule has 5 nitrogen and oxygen atoms in total. The summed E-state index contributed by atoms with van der Waals surface area (Å²) >= 11 is 0. The fourth-order valence-electron chi connectivity index (χ4n) is 3.08. The number of aromatic nitrogens is 3. The molecule has 0 saturated heterocycles. The van der Waals surface area contributed by atoms with Crippen molar-refractivity contribution in [3.8, 4) is 0 Å². The molecule has 0 fully saturated rings. The molecule has 0 saturated carbocycles. The largest absolute Gasteiger partial charge is 0.343 e. The number of rotatable bonds is 1. The van der Waals surface area contributed by atoms with E-state index in [1.165, 1.54) is 15.6 Å². The molecule has 1 aliphatic heterocycles. The van der Waals surface area contributed by atoms with E-state index >= 15 is 0 Å². The van der Waals surface area contributed by atoms with E-state index in [0.717, 1.165) is 30.0 Å². The summed E-state index contributed by atoms with van der Waals surface area (Å²) in [5.74, 6) is 0. The summed E-state index contributed by atoms with van der Waals surface area (Å²) < 4.78 is 1.47. The number of halogens is 1. The smallest absolute Gasteiger partial charge is 0.277 e. The number of nitrogens with one attached hydrogen (secondary N) is 2. The molecule has 23 heavy (non-hydrogen) atoms. The van der Waals surface area contributed by atoms with Crippen LogP contribution >= 0.6 is 12.4 Å². The maximum Gasteiger partial charge on any atom is 0.277 e. The second kappa shape index (κ2) is 5.83. The van der Waals surface area contributed by atoms with Crippen molar-refractivity contribution in [2.24, 2.45) is 0 Å². The van der Waals surface area contributed by atoms with Gasteiger partial charge in [0.25, 0.3) is 5.56 Å². The number of aryl methyl sites for hydroxylation is 1. The van der Waals surface area contributed by atoms with Gasteiger partial charge in [-0.1, -0.05) is 24.3 Å². The molecule has 0 spiro atoms. The standard InChI is InChI=1S/C17H18N4O.ClH/c1-10-11(2)19-16-8-15(20-21(16)17(10)22)14-7-12-5-3-4-6-13(12)9-18-14;/h3-6,8,14,18-19H,7,9H2,1-2H3;1H/t14-;/m0./s1. The van der Waals surface area contributed by atoms with Gasteiger partial charge in [-0.2, -0.15) is 9.61 Å². The van der Waals surface area contributed by atoms with Crippen LogP contribution in [0.5, 0.6) is 0 Å². The summed E-state index contributed by atoms with van der Waals surface area (Å²) in [7, 11) is 0. The van der Waals surface area contributed by atoms with Gasteiger partial charge in [-0.3, -0.25) is 4.79 Å². The Bertz CT molecular complexity index is 928. The first-order valence-electron chi connectivity index (χ1n) is 7.53. The predicted octanol–water partition coefficient (Wildman–Crippen LogP) is 2.45. The van der Waals surface area contributed by atoms with E-state index in [2.05, 4.69) is 39.7 Å². The molecule has 4 rings (SSSR count). The Hall–Kier alpha value is -2.11. The fourth-order valence-corrected chi connectivity index (χ4v) is 3.08. The monoisotopic (exact) mass is 330 g/mol. The van der Waals surface area contributed by atoms with Gasteiger partial charge in [0.2, 0.25) is 0 Å². The van der Waals surface area contributed by atoms with Crippen LogP contribution in [0.15, 0.2) is 35.1 Å². The Kier molecular flexibility index (Phi) is 4.00. The summed E-state index contributed by atoms with van der Waals surface area (Å²) in [6.07, 6.45) is 0.895. The van der Waals surface area contributed by atoms with Crippen LogP contribution in [-0.2, 0) is 13.0 Å². The van der Waals surface area contributed by atoms with E-state index in [1.54, 1.807) is 0 Å². The third kappa shape index (κ3) is 2.56. The molecule has 0 bridgehead atoms. The van der Waals surface area contributed by atoms with Crippen LogP contribution in [0, 0.1) is 13.8 Å². The highest BCUT2D eigenvalue weighted by atomic mass is 35.5. The van der Waals surface area contributed by atoms with Gasteiger partial charge in [-0.05, 0) is 31.4 Å². The van der Waals surface area contributed by atoms with E-state index in [0.29, 0.717) is 5.56 Å². The second-order valence-electron chi connectivity index (χ2n) is 5.95. The molecular weight excluding hydrogens is 312 g/mol. The molecule has 1 aliphatic rings. The number of hydrogen-bond acceptors (Lipinski definition) is 3. The summed E-state index contributed by atoms with van der Waals surface area (Å²) in [5, 5.41) is 8.03. The first-order chi connectivity index (χ1) is 10.6. The maximum absolute atomic E-state index is 12.3. The zero-order valence-electron chi connectivity index (χ0n) is 13.1. The van der Waals surface area contributed by atoms with E-state index in [4.69, 9.17) is 0 Å². The third-order valence-electron chi connectivity index (χ3n) is 4.56. The Morgan fingerprint density at radius 1 is 1.22 bits per heavy atom. The van der Waals surface area contributed by atoms with Gasteiger partial charge >= 0.3 is 0 Å². The van der Waals surface area contributed by atoms with Crippen molar-refractivity contribution in [3.63, 3.8) is 0 Å². The van der Waals surface area contributed by atoms with E-state index in [-0.39, 0.29) is 24.0 Å². The average Bonchev–Trinajstić information content (AvgIpc) is 2.96. The van der Waals surface area contributed by atoms with Crippen LogP contribution in [0.1, 0.15) is 34.1 Å². The molecule has 0 aliphatic carbocycles. The lowest BCUT2D eigenvalue weighted by atomic mass is 9.94. The quantitative estimate of drug-likeness (QED) is 0.720. The third-order valence-corrected chi connectivity index (χ3v) is 4.56. The lowest BCUT2D eigenvalue weighted by molar-refractivity contribution is 0.485. The summed E-state index contributed by atoms with van der Waals surface area (Å²) in [5.41, 5.74) is 5.91. The lowest BCUT2D eigenvalue weighted by Gasteiger charge is -2.24. The van der Waals surface area contributed by atoms with Gasteiger partial charge in [0.05, 0.1) is 11.7 Å². The molecule has 2 aromatic heterocycles. The van der Waals surface area contributed by atoms with Crippen molar-refractivity contribution in [3.05, 3.63) is 68.8 Å². The fraction of sp³-hybridized carbons (Fsp3) is 0.294. The van der Waals surface area contributed by atoms with Crippen LogP contribution in [0.2, 0.25) is 0 Å². The maximum atomic E-state index is 12.3. The number of nitrogens with zero attached hydrogens (tertiary/aromatic N) is 2. The van der Waals surface area contributed by atoms with E-state index in [1.807, 2.05) is 19.9 Å². The Balaban J connectivity index is 0.00000156. The van der Waals surface area contributed by atoms with Gasteiger partial charge < -0.3 is 10.3 Å². The minimum absolute atomic E-state index is 0. The molecule has 6 heteroatoms. The van der Waals surface area contributed by atoms with Crippen molar-refractivity contribution in [2.45, 2.75) is 32.9 Å². The van der Waals surface area contributed by atoms with Crippen LogP contribution < -0.4 is 10.9 Å². The highest BCUT2D eigenvalue weighted by Crippen LogP contribution is 2.25. The van der Waals surface area contributed by atoms with Crippen molar-refractivity contribution >= 4 is 18.1 Å². The number of aromatic amines is 1. The van der Waals surface area contributed by atoms with Crippen LogP contribution in [0.4, 0.5) is 0 Å². The second-order valence-corrected chi connectivity index (χ2v) is 5.95. The van der Waals surface area contributed by atoms with Gasteiger partial charge in [0, 0.05) is 23.9 Å². The summed E-state index contributed by atoms with van der Waals surface area (Å²) in [6.45, 7) is 4.57. The molecule has 0 unspecified atom stereocenters. The molecule has 120 valence electrons. The lowest BCUT2D eigenvalue weighted by Crippen LogP contribution is -2.29. The Morgan fingerprint density at radius 3 is 2.74 bits per heavy atom. The highest BCUT2D eigenvalue weighted by molar-refractivity contribution is 5.85. The normalized spacial score (nSPS) is 16.9. The highest BCUT2D eigenvalue weighted by Gasteiger charge is 2.22. The van der Waals surface area contributed by atoms with Crippen molar-refractivity contribution in [1.29, 1.82) is 0 Å².